The van der Waals surface area contributed by atoms with E-state index in [0.717, 1.165) is 41.3 Å². The third-order valence-corrected chi connectivity index (χ3v) is 7.94. The fourth-order valence-electron chi connectivity index (χ4n) is 5.43. The molecule has 0 radical (unpaired) electrons. The van der Waals surface area contributed by atoms with E-state index in [1.165, 1.54) is 23.2 Å². The molecule has 0 amide bonds. The Kier molecular flexibility index (Phi) is 9.66. The summed E-state index contributed by atoms with van der Waals surface area (Å²) in [5.41, 5.74) is 2.65. The lowest BCUT2D eigenvalue weighted by Gasteiger charge is -2.22. The molecule has 1 fully saturated rings. The molecule has 5 rings (SSSR count). The van der Waals surface area contributed by atoms with Gasteiger partial charge in [-0.25, -0.2) is 4.98 Å². The first-order valence-electron chi connectivity index (χ1n) is 14.4. The summed E-state index contributed by atoms with van der Waals surface area (Å²) < 4.78 is 14.4. The van der Waals surface area contributed by atoms with Crippen LogP contribution in [0.2, 0.25) is 0 Å². The molecule has 0 spiro atoms. The molecule has 1 saturated carbocycles. The van der Waals surface area contributed by atoms with Gasteiger partial charge in [0.05, 0.1) is 28.6 Å². The Bertz CT molecular complexity index is 1740. The van der Waals surface area contributed by atoms with Gasteiger partial charge in [0.2, 0.25) is 0 Å². The molecule has 1 aliphatic rings. The normalized spacial score (nSPS) is 13.8. The first-order valence-corrected chi connectivity index (χ1v) is 15.2. The summed E-state index contributed by atoms with van der Waals surface area (Å²) in [5.74, 6) is 1.88. The predicted molar refractivity (Wildman–Crippen MR) is 171 cm³/mol. The van der Waals surface area contributed by atoms with E-state index >= 15 is 0 Å². The van der Waals surface area contributed by atoms with Gasteiger partial charge in [-0.1, -0.05) is 53.4 Å². The smallest absolute Gasteiger partial charge is 0.282 e. The van der Waals surface area contributed by atoms with Crippen LogP contribution in [0.15, 0.2) is 81.6 Å². The average molecular weight is 646 g/mol. The lowest BCUT2D eigenvalue weighted by Crippen LogP contribution is -2.25. The number of aromatic nitrogens is 2. The van der Waals surface area contributed by atoms with Crippen molar-refractivity contribution in [1.29, 1.82) is 0 Å². The maximum absolute atomic E-state index is 13.7. The van der Waals surface area contributed by atoms with Crippen LogP contribution in [-0.2, 0) is 13.0 Å². The highest BCUT2D eigenvalue weighted by atomic mass is 79.9. The molecule has 43 heavy (non-hydrogen) atoms. The summed E-state index contributed by atoms with van der Waals surface area (Å²) in [5, 5.41) is 16.4. The number of allylic oxidation sites excluding steroid dienone is 1. The highest BCUT2D eigenvalue weighted by Gasteiger charge is 2.23. The van der Waals surface area contributed by atoms with Crippen molar-refractivity contribution in [2.24, 2.45) is 5.10 Å². The molecule has 0 atom stereocenters. The molecule has 0 bridgehead atoms. The van der Waals surface area contributed by atoms with Gasteiger partial charge < -0.3 is 9.47 Å². The SMILES string of the molecule is C=CCc1cc(C=Nn2c(C3CCCCC3)nc3ccc(Br)cc3c2=O)cc(OCC)c1OCc1cccc([N+](=O)[O-])c1. The van der Waals surface area contributed by atoms with Crippen molar-refractivity contribution in [3.63, 3.8) is 0 Å². The Hall–Kier alpha value is -4.31. The number of hydrogen-bond donors (Lipinski definition) is 0. The number of ether oxygens (including phenoxy) is 2. The predicted octanol–water partition coefficient (Wildman–Crippen LogP) is 7.70. The lowest BCUT2D eigenvalue weighted by molar-refractivity contribution is -0.384. The third-order valence-electron chi connectivity index (χ3n) is 7.45. The van der Waals surface area contributed by atoms with Gasteiger partial charge in [-0.05, 0) is 67.6 Å². The van der Waals surface area contributed by atoms with E-state index < -0.39 is 4.92 Å². The Balaban J connectivity index is 1.54. The molecule has 222 valence electrons. The van der Waals surface area contributed by atoms with Crippen LogP contribution in [0, 0.1) is 10.1 Å². The number of fused-ring (bicyclic) bond motifs is 1. The van der Waals surface area contributed by atoms with Crippen LogP contribution in [0.4, 0.5) is 5.69 Å². The third kappa shape index (κ3) is 7.02. The number of nitro benzene ring substituents is 1. The van der Waals surface area contributed by atoms with E-state index in [1.54, 1.807) is 30.5 Å². The number of nitrogens with zero attached hydrogens (tertiary/aromatic N) is 4. The Morgan fingerprint density at radius 3 is 2.70 bits per heavy atom. The number of hydrogen-bond acceptors (Lipinski definition) is 7. The maximum Gasteiger partial charge on any atom is 0.282 e. The van der Waals surface area contributed by atoms with Crippen molar-refractivity contribution in [2.75, 3.05) is 6.61 Å². The number of rotatable bonds is 11. The molecule has 0 N–H and O–H groups in total. The van der Waals surface area contributed by atoms with Gasteiger partial charge in [0.1, 0.15) is 12.4 Å². The lowest BCUT2D eigenvalue weighted by atomic mass is 9.88. The van der Waals surface area contributed by atoms with Gasteiger partial charge in [-0.15, -0.1) is 6.58 Å². The molecule has 1 aliphatic carbocycles. The highest BCUT2D eigenvalue weighted by molar-refractivity contribution is 9.10. The number of non-ortho nitro benzene ring substituents is 1. The molecule has 4 aromatic rings. The minimum absolute atomic E-state index is 0.00221. The molecule has 1 aromatic heterocycles. The zero-order chi connectivity index (χ0) is 30.3. The summed E-state index contributed by atoms with van der Waals surface area (Å²) in [6.45, 7) is 6.30. The zero-order valence-electron chi connectivity index (χ0n) is 24.0. The van der Waals surface area contributed by atoms with E-state index in [2.05, 4.69) is 22.5 Å². The number of nitro groups is 1. The van der Waals surface area contributed by atoms with Crippen LogP contribution >= 0.6 is 15.9 Å². The van der Waals surface area contributed by atoms with E-state index in [9.17, 15) is 14.9 Å². The van der Waals surface area contributed by atoms with Gasteiger partial charge in [0.25, 0.3) is 11.2 Å². The van der Waals surface area contributed by atoms with Gasteiger partial charge >= 0.3 is 0 Å². The zero-order valence-corrected chi connectivity index (χ0v) is 25.6. The molecular weight excluding hydrogens is 612 g/mol. The highest BCUT2D eigenvalue weighted by Crippen LogP contribution is 2.35. The Labute approximate surface area is 258 Å². The fraction of sp³-hybridized carbons (Fsp3) is 0.303. The second-order valence-corrected chi connectivity index (χ2v) is 11.4. The van der Waals surface area contributed by atoms with Crippen LogP contribution in [0.25, 0.3) is 10.9 Å². The maximum atomic E-state index is 13.7. The summed E-state index contributed by atoms with van der Waals surface area (Å²) in [7, 11) is 0. The quantitative estimate of drug-likeness (QED) is 0.0716. The molecule has 9 nitrogen and oxygen atoms in total. The van der Waals surface area contributed by atoms with Crippen LogP contribution in [0.1, 0.15) is 67.5 Å². The molecule has 0 unspecified atom stereocenters. The van der Waals surface area contributed by atoms with E-state index in [1.807, 2.05) is 31.2 Å². The molecular formula is C33H33BrN4O5. The van der Waals surface area contributed by atoms with Crippen molar-refractivity contribution in [3.05, 3.63) is 115 Å². The standard InChI is InChI=1S/C33H33BrN4O5/c1-3-9-25-16-23(18-30(42-4-2)31(25)43-21-22-10-8-13-27(17-22)38(40)41)20-35-37-32(24-11-6-5-7-12-24)36-29-15-14-26(34)19-28(29)33(37)39/h3,8,10,13-20,24H,1,4-7,9,11-12,21H2,2H3. The van der Waals surface area contributed by atoms with Crippen LogP contribution in [-0.4, -0.2) is 27.4 Å². The fourth-order valence-corrected chi connectivity index (χ4v) is 5.80. The Morgan fingerprint density at radius 2 is 1.95 bits per heavy atom. The minimum Gasteiger partial charge on any atom is -0.490 e. The van der Waals surface area contributed by atoms with Crippen molar-refractivity contribution in [3.8, 4) is 11.5 Å². The summed E-state index contributed by atoms with van der Waals surface area (Å²) in [6, 6.07) is 15.6. The van der Waals surface area contributed by atoms with Crippen molar-refractivity contribution >= 4 is 38.7 Å². The van der Waals surface area contributed by atoms with Crippen LogP contribution < -0.4 is 15.0 Å². The number of benzene rings is 3. The first-order chi connectivity index (χ1) is 20.9. The molecule has 0 aliphatic heterocycles. The Morgan fingerprint density at radius 1 is 1.14 bits per heavy atom. The minimum atomic E-state index is -0.429. The monoisotopic (exact) mass is 644 g/mol. The van der Waals surface area contributed by atoms with Crippen molar-refractivity contribution < 1.29 is 14.4 Å². The average Bonchev–Trinajstić information content (AvgIpc) is 3.01. The largest absolute Gasteiger partial charge is 0.490 e. The topological polar surface area (TPSA) is 109 Å². The molecule has 10 heteroatoms. The summed E-state index contributed by atoms with van der Waals surface area (Å²) in [6.07, 6.45) is 9.24. The molecule has 0 saturated heterocycles. The van der Waals surface area contributed by atoms with Crippen LogP contribution in [0.3, 0.4) is 0 Å². The van der Waals surface area contributed by atoms with Gasteiger partial charge in [-0.3, -0.25) is 14.9 Å². The van der Waals surface area contributed by atoms with Gasteiger partial charge in [0, 0.05) is 28.1 Å². The van der Waals surface area contributed by atoms with Crippen LogP contribution in [0.5, 0.6) is 11.5 Å². The second kappa shape index (κ2) is 13.8. The number of halogens is 1. The summed E-state index contributed by atoms with van der Waals surface area (Å²) >= 11 is 3.47. The summed E-state index contributed by atoms with van der Waals surface area (Å²) in [4.78, 5) is 29.4. The van der Waals surface area contributed by atoms with Gasteiger partial charge in [-0.2, -0.15) is 9.78 Å². The second-order valence-electron chi connectivity index (χ2n) is 10.5. The first kappa shape index (κ1) is 30.2. The van der Waals surface area contributed by atoms with E-state index in [4.69, 9.17) is 19.6 Å². The van der Waals surface area contributed by atoms with E-state index in [-0.39, 0.29) is 23.8 Å². The molecule has 3 aromatic carbocycles. The van der Waals surface area contributed by atoms with Crippen molar-refractivity contribution in [2.45, 2.75) is 58.0 Å². The van der Waals surface area contributed by atoms with E-state index in [0.29, 0.717) is 46.8 Å². The van der Waals surface area contributed by atoms with Gasteiger partial charge in [0.15, 0.2) is 11.5 Å². The molecule has 1 heterocycles. The van der Waals surface area contributed by atoms with Crippen molar-refractivity contribution in [1.82, 2.24) is 9.66 Å².